The van der Waals surface area contributed by atoms with Gasteiger partial charge in [-0.15, -0.1) is 0 Å². The van der Waals surface area contributed by atoms with Gasteiger partial charge in [0.1, 0.15) is 5.54 Å². The van der Waals surface area contributed by atoms with E-state index in [-0.39, 0.29) is 0 Å². The van der Waals surface area contributed by atoms with E-state index in [2.05, 4.69) is 5.32 Å². The number of esters is 1. The summed E-state index contributed by atoms with van der Waals surface area (Å²) >= 11 is 11.9. The topological polar surface area (TPSA) is 55.4 Å². The molecule has 0 spiro atoms. The minimum absolute atomic E-state index is 0.405. The molecule has 1 amide bonds. The predicted molar refractivity (Wildman–Crippen MR) is 89.0 cm³/mol. The summed E-state index contributed by atoms with van der Waals surface area (Å²) in [7, 11) is 1.30. The fourth-order valence-electron chi connectivity index (χ4n) is 2.06. The molecular formula is C16H19Cl2NO3. The average molecular weight is 344 g/mol. The van der Waals surface area contributed by atoms with Crippen molar-refractivity contribution in [2.24, 2.45) is 0 Å². The largest absolute Gasteiger partial charge is 0.467 e. The second-order valence-corrected chi connectivity index (χ2v) is 5.91. The molecule has 1 aromatic rings. The molecule has 0 aliphatic heterocycles. The van der Waals surface area contributed by atoms with Crippen molar-refractivity contribution >= 4 is 41.2 Å². The fraction of sp³-hybridized carbons (Fsp3) is 0.375. The van der Waals surface area contributed by atoms with Crippen LogP contribution in [0.2, 0.25) is 10.0 Å². The average Bonchev–Trinajstić information content (AvgIpc) is 2.47. The van der Waals surface area contributed by atoms with Gasteiger partial charge < -0.3 is 10.1 Å². The van der Waals surface area contributed by atoms with Crippen LogP contribution in [0.4, 0.5) is 0 Å². The number of amides is 1. The third-order valence-corrected chi connectivity index (χ3v) is 3.74. The van der Waals surface area contributed by atoms with E-state index in [1.54, 1.807) is 31.2 Å². The molecule has 0 bridgehead atoms. The Labute approximate surface area is 140 Å². The molecule has 120 valence electrons. The van der Waals surface area contributed by atoms with Crippen LogP contribution in [0.25, 0.3) is 6.08 Å². The maximum Gasteiger partial charge on any atom is 0.331 e. The molecule has 6 heteroatoms. The van der Waals surface area contributed by atoms with E-state index in [1.807, 2.05) is 6.92 Å². The summed E-state index contributed by atoms with van der Waals surface area (Å²) in [5, 5.41) is 3.68. The molecule has 1 atom stereocenters. The zero-order chi connectivity index (χ0) is 16.8. The third-order valence-electron chi connectivity index (χ3n) is 3.16. The maximum atomic E-state index is 12.0. The highest BCUT2D eigenvalue weighted by Crippen LogP contribution is 2.22. The minimum Gasteiger partial charge on any atom is -0.467 e. The molecule has 0 fully saturated rings. The van der Waals surface area contributed by atoms with E-state index in [4.69, 9.17) is 27.9 Å². The van der Waals surface area contributed by atoms with E-state index < -0.39 is 17.4 Å². The second-order valence-electron chi connectivity index (χ2n) is 5.06. The standard InChI is InChI=1S/C16H19Cl2NO3/c1-4-9-16(2,15(21)22-3)19-14(20)8-5-11-10-12(17)6-7-13(11)18/h5-8,10H,4,9H2,1-3H3,(H,19,20)/b8-5+. The summed E-state index contributed by atoms with van der Waals surface area (Å²) in [6.07, 6.45) is 4.08. The lowest BCUT2D eigenvalue weighted by atomic mass is 9.96. The van der Waals surface area contributed by atoms with E-state index in [9.17, 15) is 9.59 Å². The van der Waals surface area contributed by atoms with Crippen LogP contribution in [-0.2, 0) is 14.3 Å². The highest BCUT2D eigenvalue weighted by molar-refractivity contribution is 6.34. The van der Waals surface area contributed by atoms with Crippen molar-refractivity contribution in [3.8, 4) is 0 Å². The third kappa shape index (κ3) is 5.04. The molecule has 1 unspecified atom stereocenters. The number of hydrogen-bond acceptors (Lipinski definition) is 3. The SMILES string of the molecule is CCCC(C)(NC(=O)/C=C/c1cc(Cl)ccc1Cl)C(=O)OC. The first-order chi connectivity index (χ1) is 10.3. The molecule has 0 heterocycles. The Balaban J connectivity index is 2.85. The van der Waals surface area contributed by atoms with Crippen molar-refractivity contribution in [3.05, 3.63) is 39.9 Å². The van der Waals surface area contributed by atoms with Gasteiger partial charge in [0.15, 0.2) is 0 Å². The number of benzene rings is 1. The van der Waals surface area contributed by atoms with E-state index >= 15 is 0 Å². The monoisotopic (exact) mass is 343 g/mol. The van der Waals surface area contributed by atoms with Crippen LogP contribution in [0.1, 0.15) is 32.3 Å². The van der Waals surface area contributed by atoms with Crippen LogP contribution in [0.3, 0.4) is 0 Å². The zero-order valence-electron chi connectivity index (χ0n) is 12.8. The van der Waals surface area contributed by atoms with E-state index in [1.165, 1.54) is 13.2 Å². The molecule has 1 N–H and O–H groups in total. The molecule has 0 saturated carbocycles. The molecule has 22 heavy (non-hydrogen) atoms. The Bertz CT molecular complexity index is 587. The summed E-state index contributed by atoms with van der Waals surface area (Å²) in [5.74, 6) is -0.880. The van der Waals surface area contributed by atoms with Gasteiger partial charge in [0.2, 0.25) is 5.91 Å². The summed E-state index contributed by atoms with van der Waals surface area (Å²) in [6.45, 7) is 3.56. The Hall–Kier alpha value is -1.52. The zero-order valence-corrected chi connectivity index (χ0v) is 14.3. The van der Waals surface area contributed by atoms with Gasteiger partial charge in [-0.3, -0.25) is 4.79 Å². The first-order valence-corrected chi connectivity index (χ1v) is 7.61. The molecule has 4 nitrogen and oxygen atoms in total. The van der Waals surface area contributed by atoms with Crippen LogP contribution in [0, 0.1) is 0 Å². The first kappa shape index (κ1) is 18.5. The minimum atomic E-state index is -1.05. The van der Waals surface area contributed by atoms with Gasteiger partial charge in [-0.2, -0.15) is 0 Å². The maximum absolute atomic E-state index is 12.0. The lowest BCUT2D eigenvalue weighted by Gasteiger charge is -2.26. The number of hydrogen-bond donors (Lipinski definition) is 1. The summed E-state index contributed by atoms with van der Waals surface area (Å²) in [4.78, 5) is 23.9. The van der Waals surface area contributed by atoms with Crippen molar-refractivity contribution in [3.63, 3.8) is 0 Å². The molecule has 0 radical (unpaired) electrons. The lowest BCUT2D eigenvalue weighted by molar-refractivity contribution is -0.150. The number of carbonyl (C=O) groups is 2. The molecule has 0 aliphatic carbocycles. The number of methoxy groups -OCH3 is 1. The van der Waals surface area contributed by atoms with Crippen LogP contribution in [0.15, 0.2) is 24.3 Å². The van der Waals surface area contributed by atoms with Crippen molar-refractivity contribution in [2.75, 3.05) is 7.11 Å². The molecule has 0 aromatic heterocycles. The Morgan fingerprint density at radius 1 is 1.36 bits per heavy atom. The van der Waals surface area contributed by atoms with E-state index in [0.29, 0.717) is 22.0 Å². The quantitative estimate of drug-likeness (QED) is 0.630. The van der Waals surface area contributed by atoms with Crippen molar-refractivity contribution in [1.29, 1.82) is 0 Å². The second kappa shape index (κ2) is 8.20. The van der Waals surface area contributed by atoms with Crippen LogP contribution < -0.4 is 5.32 Å². The van der Waals surface area contributed by atoms with Crippen LogP contribution >= 0.6 is 23.2 Å². The molecule has 0 aliphatic rings. The van der Waals surface area contributed by atoms with Gasteiger partial charge in [-0.25, -0.2) is 4.79 Å². The van der Waals surface area contributed by atoms with E-state index in [0.717, 1.165) is 6.42 Å². The van der Waals surface area contributed by atoms with Gasteiger partial charge in [0.05, 0.1) is 7.11 Å². The highest BCUT2D eigenvalue weighted by atomic mass is 35.5. The molecule has 1 aromatic carbocycles. The number of ether oxygens (including phenoxy) is 1. The summed E-state index contributed by atoms with van der Waals surface area (Å²) in [5.41, 5.74) is -0.428. The van der Waals surface area contributed by atoms with Gasteiger partial charge in [-0.1, -0.05) is 36.5 Å². The first-order valence-electron chi connectivity index (χ1n) is 6.86. The van der Waals surface area contributed by atoms with Crippen molar-refractivity contribution in [1.82, 2.24) is 5.32 Å². The van der Waals surface area contributed by atoms with Crippen molar-refractivity contribution < 1.29 is 14.3 Å². The Morgan fingerprint density at radius 2 is 2.05 bits per heavy atom. The number of nitrogens with one attached hydrogen (secondary N) is 1. The van der Waals surface area contributed by atoms with Crippen LogP contribution in [-0.4, -0.2) is 24.5 Å². The molecule has 0 saturated heterocycles. The van der Waals surface area contributed by atoms with Gasteiger partial charge in [-0.05, 0) is 43.2 Å². The van der Waals surface area contributed by atoms with Crippen LogP contribution in [0.5, 0.6) is 0 Å². The number of carbonyl (C=O) groups excluding carboxylic acids is 2. The predicted octanol–water partition coefficient (Wildman–Crippen LogP) is 3.85. The summed E-state index contributed by atoms with van der Waals surface area (Å²) in [6, 6.07) is 4.97. The Kier molecular flexibility index (Phi) is 6.91. The van der Waals surface area contributed by atoms with Crippen molar-refractivity contribution in [2.45, 2.75) is 32.2 Å². The van der Waals surface area contributed by atoms with Gasteiger partial charge in [0.25, 0.3) is 0 Å². The smallest absolute Gasteiger partial charge is 0.331 e. The highest BCUT2D eigenvalue weighted by Gasteiger charge is 2.34. The van der Waals surface area contributed by atoms with Gasteiger partial charge >= 0.3 is 5.97 Å². The number of halogens is 2. The fourth-order valence-corrected chi connectivity index (χ4v) is 2.42. The molecule has 1 rings (SSSR count). The number of rotatable bonds is 6. The van der Waals surface area contributed by atoms with Gasteiger partial charge in [0, 0.05) is 16.1 Å². The lowest BCUT2D eigenvalue weighted by Crippen LogP contribution is -2.52. The molecular weight excluding hydrogens is 325 g/mol. The Morgan fingerprint density at radius 3 is 2.64 bits per heavy atom. The normalized spacial score (nSPS) is 13.7. The summed E-state index contributed by atoms with van der Waals surface area (Å²) < 4.78 is 4.75.